The number of ether oxygens (including phenoxy) is 1. The van der Waals surface area contributed by atoms with Crippen LogP contribution in [-0.2, 0) is 11.3 Å². The molecule has 2 aromatic carbocycles. The molecule has 18 heavy (non-hydrogen) atoms. The molecular weight excluding hydrogens is 290 g/mol. The smallest absolute Gasteiger partial charge is 0.0802 e. The molecule has 0 aromatic heterocycles. The zero-order chi connectivity index (χ0) is 13.0. The lowest BCUT2D eigenvalue weighted by atomic mass is 10.1. The number of rotatable bonds is 4. The number of nitrogens with two attached hydrogens (primary N) is 1. The summed E-state index contributed by atoms with van der Waals surface area (Å²) in [5, 5.41) is 0. The molecule has 1 unspecified atom stereocenters. The average molecular weight is 306 g/mol. The summed E-state index contributed by atoms with van der Waals surface area (Å²) >= 11 is 3.45. The third kappa shape index (κ3) is 3.59. The molecule has 0 saturated heterocycles. The second kappa shape index (κ2) is 6.03. The molecule has 2 aromatic rings. The fraction of sp³-hybridized carbons (Fsp3) is 0.200. The monoisotopic (exact) mass is 305 g/mol. The third-order valence-electron chi connectivity index (χ3n) is 2.77. The fourth-order valence-electron chi connectivity index (χ4n) is 1.76. The SMILES string of the molecule is CC(OCc1cccc(Br)c1)c1cccc(N)c1. The standard InChI is InChI=1S/C15H16BrNO/c1-11(13-5-3-7-15(17)9-13)18-10-12-4-2-6-14(16)8-12/h2-9,11H,10,17H2,1H3. The van der Waals surface area contributed by atoms with E-state index in [1.807, 2.05) is 43.3 Å². The van der Waals surface area contributed by atoms with E-state index in [1.54, 1.807) is 0 Å². The van der Waals surface area contributed by atoms with Gasteiger partial charge in [0.05, 0.1) is 12.7 Å². The molecule has 0 bridgehead atoms. The summed E-state index contributed by atoms with van der Waals surface area (Å²) in [5.41, 5.74) is 8.79. The van der Waals surface area contributed by atoms with Gasteiger partial charge < -0.3 is 10.5 Å². The lowest BCUT2D eigenvalue weighted by molar-refractivity contribution is 0.0526. The van der Waals surface area contributed by atoms with Crippen molar-refractivity contribution in [2.24, 2.45) is 0 Å². The molecule has 94 valence electrons. The molecule has 3 heteroatoms. The highest BCUT2D eigenvalue weighted by Gasteiger charge is 2.06. The van der Waals surface area contributed by atoms with Gasteiger partial charge in [0.25, 0.3) is 0 Å². The van der Waals surface area contributed by atoms with Crippen LogP contribution in [0.25, 0.3) is 0 Å². The summed E-state index contributed by atoms with van der Waals surface area (Å²) < 4.78 is 6.92. The van der Waals surface area contributed by atoms with Crippen molar-refractivity contribution in [3.8, 4) is 0 Å². The summed E-state index contributed by atoms with van der Waals surface area (Å²) in [6.45, 7) is 2.63. The largest absolute Gasteiger partial charge is 0.399 e. The minimum Gasteiger partial charge on any atom is -0.399 e. The Hall–Kier alpha value is -1.32. The molecular formula is C15H16BrNO. The van der Waals surface area contributed by atoms with Crippen molar-refractivity contribution >= 4 is 21.6 Å². The highest BCUT2D eigenvalue weighted by Crippen LogP contribution is 2.21. The molecule has 0 aliphatic heterocycles. The second-order valence-corrected chi connectivity index (χ2v) is 5.17. The van der Waals surface area contributed by atoms with Crippen LogP contribution in [0.5, 0.6) is 0 Å². The summed E-state index contributed by atoms with van der Waals surface area (Å²) in [6.07, 6.45) is 0.0347. The normalized spacial score (nSPS) is 12.3. The number of halogens is 1. The van der Waals surface area contributed by atoms with E-state index in [9.17, 15) is 0 Å². The maximum Gasteiger partial charge on any atom is 0.0802 e. The van der Waals surface area contributed by atoms with E-state index in [2.05, 4.69) is 28.1 Å². The van der Waals surface area contributed by atoms with Gasteiger partial charge in [-0.05, 0) is 42.3 Å². The Bertz CT molecular complexity index is 527. The molecule has 0 saturated carbocycles. The van der Waals surface area contributed by atoms with Gasteiger partial charge in [0.1, 0.15) is 0 Å². The van der Waals surface area contributed by atoms with Crippen LogP contribution < -0.4 is 5.73 Å². The van der Waals surface area contributed by atoms with Crippen molar-refractivity contribution in [1.82, 2.24) is 0 Å². The van der Waals surface area contributed by atoms with Crippen molar-refractivity contribution in [1.29, 1.82) is 0 Å². The van der Waals surface area contributed by atoms with Gasteiger partial charge in [-0.15, -0.1) is 0 Å². The minimum absolute atomic E-state index is 0.0347. The van der Waals surface area contributed by atoms with E-state index in [1.165, 1.54) is 0 Å². The van der Waals surface area contributed by atoms with Gasteiger partial charge in [0.2, 0.25) is 0 Å². The Balaban J connectivity index is 1.98. The van der Waals surface area contributed by atoms with Gasteiger partial charge >= 0.3 is 0 Å². The second-order valence-electron chi connectivity index (χ2n) is 4.25. The molecule has 2 rings (SSSR count). The van der Waals surface area contributed by atoms with Crippen molar-refractivity contribution in [3.05, 3.63) is 64.1 Å². The van der Waals surface area contributed by atoms with E-state index in [0.29, 0.717) is 6.61 Å². The van der Waals surface area contributed by atoms with Crippen LogP contribution in [0.15, 0.2) is 53.0 Å². The van der Waals surface area contributed by atoms with E-state index in [-0.39, 0.29) is 6.10 Å². The fourth-order valence-corrected chi connectivity index (χ4v) is 2.20. The molecule has 0 radical (unpaired) electrons. The van der Waals surface area contributed by atoms with E-state index in [4.69, 9.17) is 10.5 Å². The molecule has 1 atom stereocenters. The van der Waals surface area contributed by atoms with Gasteiger partial charge in [0, 0.05) is 10.2 Å². The maximum absolute atomic E-state index is 5.85. The first-order chi connectivity index (χ1) is 8.65. The van der Waals surface area contributed by atoms with Gasteiger partial charge in [-0.3, -0.25) is 0 Å². The molecule has 2 nitrogen and oxygen atoms in total. The van der Waals surface area contributed by atoms with Crippen LogP contribution in [0.2, 0.25) is 0 Å². The van der Waals surface area contributed by atoms with E-state index < -0.39 is 0 Å². The van der Waals surface area contributed by atoms with Gasteiger partial charge in [-0.2, -0.15) is 0 Å². The first kappa shape index (κ1) is 13.1. The van der Waals surface area contributed by atoms with Crippen molar-refractivity contribution in [2.45, 2.75) is 19.6 Å². The number of benzene rings is 2. The quantitative estimate of drug-likeness (QED) is 0.854. The number of hydrogen-bond donors (Lipinski definition) is 1. The first-order valence-electron chi connectivity index (χ1n) is 5.86. The number of hydrogen-bond acceptors (Lipinski definition) is 2. The summed E-state index contributed by atoms with van der Waals surface area (Å²) in [6, 6.07) is 15.9. The van der Waals surface area contributed by atoms with Crippen molar-refractivity contribution in [3.63, 3.8) is 0 Å². The molecule has 0 fully saturated rings. The first-order valence-corrected chi connectivity index (χ1v) is 6.66. The number of nitrogen functional groups attached to an aromatic ring is 1. The lowest BCUT2D eigenvalue weighted by Crippen LogP contribution is -2.01. The van der Waals surface area contributed by atoms with Gasteiger partial charge in [-0.1, -0.05) is 40.2 Å². The lowest BCUT2D eigenvalue weighted by Gasteiger charge is -2.14. The summed E-state index contributed by atoms with van der Waals surface area (Å²) in [4.78, 5) is 0. The van der Waals surface area contributed by atoms with Crippen molar-refractivity contribution < 1.29 is 4.74 Å². The highest BCUT2D eigenvalue weighted by atomic mass is 79.9. The predicted molar refractivity (Wildman–Crippen MR) is 78.2 cm³/mol. The van der Waals surface area contributed by atoms with Crippen LogP contribution >= 0.6 is 15.9 Å². The maximum atomic E-state index is 5.85. The third-order valence-corrected chi connectivity index (χ3v) is 3.26. The highest BCUT2D eigenvalue weighted by molar-refractivity contribution is 9.10. The Morgan fingerprint density at radius 3 is 2.67 bits per heavy atom. The molecule has 0 aliphatic carbocycles. The van der Waals surface area contributed by atoms with E-state index >= 15 is 0 Å². The average Bonchev–Trinajstić information content (AvgIpc) is 2.36. The van der Waals surface area contributed by atoms with Crippen LogP contribution in [0.4, 0.5) is 5.69 Å². The molecule has 0 spiro atoms. The Kier molecular flexibility index (Phi) is 4.39. The minimum atomic E-state index is 0.0347. The topological polar surface area (TPSA) is 35.2 Å². The van der Waals surface area contributed by atoms with E-state index in [0.717, 1.165) is 21.3 Å². The zero-order valence-electron chi connectivity index (χ0n) is 10.3. The molecule has 0 aliphatic rings. The van der Waals surface area contributed by atoms with Crippen LogP contribution in [0.3, 0.4) is 0 Å². The van der Waals surface area contributed by atoms with Crippen LogP contribution in [0.1, 0.15) is 24.2 Å². The number of anilines is 1. The molecule has 0 heterocycles. The summed E-state index contributed by atoms with van der Waals surface area (Å²) in [5.74, 6) is 0. The van der Waals surface area contributed by atoms with Crippen LogP contribution in [0, 0.1) is 0 Å². The Morgan fingerprint density at radius 2 is 1.94 bits per heavy atom. The van der Waals surface area contributed by atoms with Crippen LogP contribution in [-0.4, -0.2) is 0 Å². The molecule has 0 amide bonds. The Morgan fingerprint density at radius 1 is 1.17 bits per heavy atom. The van der Waals surface area contributed by atoms with Gasteiger partial charge in [-0.25, -0.2) is 0 Å². The summed E-state index contributed by atoms with van der Waals surface area (Å²) in [7, 11) is 0. The van der Waals surface area contributed by atoms with Crippen molar-refractivity contribution in [2.75, 3.05) is 5.73 Å². The predicted octanol–water partition coefficient (Wildman–Crippen LogP) is 4.31. The zero-order valence-corrected chi connectivity index (χ0v) is 11.9. The Labute approximate surface area is 116 Å². The van der Waals surface area contributed by atoms with Gasteiger partial charge in [0.15, 0.2) is 0 Å². The molecule has 2 N–H and O–H groups in total.